The molecule has 0 saturated heterocycles. The summed E-state index contributed by atoms with van der Waals surface area (Å²) in [6, 6.07) is 10.6. The summed E-state index contributed by atoms with van der Waals surface area (Å²) in [6.45, 7) is 5.39. The average molecular weight is 173 g/mol. The summed E-state index contributed by atoms with van der Waals surface area (Å²) in [6.07, 6.45) is 2.31. The second-order valence-corrected chi connectivity index (χ2v) is 3.91. The van der Waals surface area contributed by atoms with Crippen molar-refractivity contribution in [2.75, 3.05) is 6.54 Å². The Kier molecular flexibility index (Phi) is 1.97. The fourth-order valence-corrected chi connectivity index (χ4v) is 1.89. The van der Waals surface area contributed by atoms with E-state index in [0.717, 1.165) is 6.54 Å². The minimum atomic E-state index is 0.0470. The van der Waals surface area contributed by atoms with Crippen LogP contribution in [0.2, 0.25) is 0 Å². The monoisotopic (exact) mass is 173 g/mol. The first-order valence-electron chi connectivity index (χ1n) is 4.70. The molecule has 0 aliphatic carbocycles. The van der Waals surface area contributed by atoms with Gasteiger partial charge in [-0.1, -0.05) is 42.0 Å². The van der Waals surface area contributed by atoms with Gasteiger partial charge in [-0.2, -0.15) is 0 Å². The van der Waals surface area contributed by atoms with E-state index in [0.29, 0.717) is 0 Å². The first-order valence-corrected chi connectivity index (χ1v) is 4.70. The Labute approximate surface area is 79.5 Å². The van der Waals surface area contributed by atoms with Gasteiger partial charge in [-0.15, -0.1) is 0 Å². The number of nitrogens with one attached hydrogen (secondary N) is 1. The van der Waals surface area contributed by atoms with Gasteiger partial charge in [0.05, 0.1) is 5.54 Å². The van der Waals surface area contributed by atoms with Crippen LogP contribution >= 0.6 is 0 Å². The smallest absolute Gasteiger partial charge is 0.0597 e. The molecule has 0 saturated carbocycles. The minimum Gasteiger partial charge on any atom is -0.301 e. The summed E-state index contributed by atoms with van der Waals surface area (Å²) < 4.78 is 0. The lowest BCUT2D eigenvalue weighted by atomic mass is 9.93. The molecule has 0 fully saturated rings. The molecule has 0 radical (unpaired) electrons. The van der Waals surface area contributed by atoms with Crippen molar-refractivity contribution in [3.8, 4) is 0 Å². The maximum Gasteiger partial charge on any atom is 0.0597 e. The molecule has 0 amide bonds. The molecule has 68 valence electrons. The van der Waals surface area contributed by atoms with E-state index in [1.165, 1.54) is 11.1 Å². The van der Waals surface area contributed by atoms with Gasteiger partial charge in [-0.25, -0.2) is 0 Å². The van der Waals surface area contributed by atoms with Crippen molar-refractivity contribution in [1.82, 2.24) is 5.32 Å². The lowest BCUT2D eigenvalue weighted by Gasteiger charge is -2.23. The minimum absolute atomic E-state index is 0.0470. The normalized spacial score (nSPS) is 27.4. The third-order valence-electron chi connectivity index (χ3n) is 2.64. The summed E-state index contributed by atoms with van der Waals surface area (Å²) >= 11 is 0. The van der Waals surface area contributed by atoms with E-state index in [9.17, 15) is 0 Å². The van der Waals surface area contributed by atoms with Crippen molar-refractivity contribution in [3.63, 3.8) is 0 Å². The van der Waals surface area contributed by atoms with Crippen LogP contribution < -0.4 is 5.32 Å². The Morgan fingerprint density at radius 2 is 1.92 bits per heavy atom. The van der Waals surface area contributed by atoms with Crippen molar-refractivity contribution in [1.29, 1.82) is 0 Å². The zero-order chi connectivity index (χ0) is 9.31. The van der Waals surface area contributed by atoms with E-state index in [-0.39, 0.29) is 5.54 Å². The van der Waals surface area contributed by atoms with Crippen molar-refractivity contribution < 1.29 is 0 Å². The van der Waals surface area contributed by atoms with Crippen LogP contribution in [0, 0.1) is 0 Å². The van der Waals surface area contributed by atoms with Crippen molar-refractivity contribution in [2.24, 2.45) is 0 Å². The predicted molar refractivity (Wildman–Crippen MR) is 55.6 cm³/mol. The maximum atomic E-state index is 3.51. The van der Waals surface area contributed by atoms with Gasteiger partial charge in [0.15, 0.2) is 0 Å². The standard InChI is InChI=1S/C12H15N/c1-10-8-12(2,13-9-10)11-6-4-3-5-7-11/h3-8,13H,9H2,1-2H3. The predicted octanol–water partition coefficient (Wildman–Crippen LogP) is 2.45. The van der Waals surface area contributed by atoms with Crippen LogP contribution in [0.15, 0.2) is 42.0 Å². The van der Waals surface area contributed by atoms with E-state index < -0.39 is 0 Å². The number of hydrogen-bond donors (Lipinski definition) is 1. The SMILES string of the molecule is CC1=CC(C)(c2ccccc2)NC1. The molecule has 1 unspecified atom stereocenters. The summed E-state index contributed by atoms with van der Waals surface area (Å²) in [5.41, 5.74) is 2.81. The molecule has 1 N–H and O–H groups in total. The molecule has 1 atom stereocenters. The number of hydrogen-bond acceptors (Lipinski definition) is 1. The Balaban J connectivity index is 2.37. The first-order chi connectivity index (χ1) is 6.21. The molecule has 1 heteroatoms. The highest BCUT2D eigenvalue weighted by molar-refractivity contribution is 5.33. The average Bonchev–Trinajstić information content (AvgIpc) is 2.49. The summed E-state index contributed by atoms with van der Waals surface area (Å²) in [4.78, 5) is 0. The van der Waals surface area contributed by atoms with Crippen molar-refractivity contribution >= 4 is 0 Å². The Morgan fingerprint density at radius 1 is 1.23 bits per heavy atom. The van der Waals surface area contributed by atoms with E-state index >= 15 is 0 Å². The molecule has 1 aliphatic heterocycles. The Morgan fingerprint density at radius 3 is 2.46 bits per heavy atom. The zero-order valence-electron chi connectivity index (χ0n) is 8.17. The van der Waals surface area contributed by atoms with Crippen LogP contribution in [0.1, 0.15) is 19.4 Å². The van der Waals surface area contributed by atoms with Crippen LogP contribution in [0.25, 0.3) is 0 Å². The zero-order valence-corrected chi connectivity index (χ0v) is 8.17. The lowest BCUT2D eigenvalue weighted by Crippen LogP contribution is -2.33. The summed E-state index contributed by atoms with van der Waals surface area (Å²) in [5, 5.41) is 3.51. The highest BCUT2D eigenvalue weighted by Gasteiger charge is 2.27. The lowest BCUT2D eigenvalue weighted by molar-refractivity contribution is 0.510. The van der Waals surface area contributed by atoms with Crippen LogP contribution in [0.3, 0.4) is 0 Å². The Hall–Kier alpha value is -1.08. The van der Waals surface area contributed by atoms with Gasteiger partial charge in [-0.3, -0.25) is 0 Å². The van der Waals surface area contributed by atoms with Gasteiger partial charge in [0.1, 0.15) is 0 Å². The molecular weight excluding hydrogens is 158 g/mol. The highest BCUT2D eigenvalue weighted by Crippen LogP contribution is 2.27. The van der Waals surface area contributed by atoms with Crippen LogP contribution in [0.5, 0.6) is 0 Å². The topological polar surface area (TPSA) is 12.0 Å². The molecule has 1 aromatic rings. The van der Waals surface area contributed by atoms with Gasteiger partial charge < -0.3 is 5.32 Å². The largest absolute Gasteiger partial charge is 0.301 e. The molecule has 0 bridgehead atoms. The molecule has 0 spiro atoms. The van der Waals surface area contributed by atoms with Crippen molar-refractivity contribution in [3.05, 3.63) is 47.5 Å². The van der Waals surface area contributed by atoms with Gasteiger partial charge in [0.25, 0.3) is 0 Å². The van der Waals surface area contributed by atoms with E-state index in [1.807, 2.05) is 0 Å². The summed E-state index contributed by atoms with van der Waals surface area (Å²) in [7, 11) is 0. The fourth-order valence-electron chi connectivity index (χ4n) is 1.89. The molecule has 1 aliphatic rings. The molecular formula is C12H15N. The molecule has 0 aromatic heterocycles. The number of benzene rings is 1. The second kappa shape index (κ2) is 3.00. The van der Waals surface area contributed by atoms with Gasteiger partial charge >= 0.3 is 0 Å². The molecule has 2 rings (SSSR count). The third kappa shape index (κ3) is 1.52. The fraction of sp³-hybridized carbons (Fsp3) is 0.333. The second-order valence-electron chi connectivity index (χ2n) is 3.91. The maximum absolute atomic E-state index is 3.51. The quantitative estimate of drug-likeness (QED) is 0.643. The third-order valence-corrected chi connectivity index (χ3v) is 2.64. The summed E-state index contributed by atoms with van der Waals surface area (Å²) in [5.74, 6) is 0. The van der Waals surface area contributed by atoms with E-state index in [4.69, 9.17) is 0 Å². The van der Waals surface area contributed by atoms with Gasteiger partial charge in [-0.05, 0) is 19.4 Å². The molecule has 1 heterocycles. The van der Waals surface area contributed by atoms with Crippen LogP contribution in [0.4, 0.5) is 0 Å². The van der Waals surface area contributed by atoms with Crippen LogP contribution in [-0.2, 0) is 5.54 Å². The van der Waals surface area contributed by atoms with Gasteiger partial charge in [0.2, 0.25) is 0 Å². The van der Waals surface area contributed by atoms with Crippen LogP contribution in [-0.4, -0.2) is 6.54 Å². The van der Waals surface area contributed by atoms with E-state index in [2.05, 4.69) is 55.6 Å². The van der Waals surface area contributed by atoms with E-state index in [1.54, 1.807) is 0 Å². The number of rotatable bonds is 1. The first kappa shape index (κ1) is 8.52. The molecule has 1 aromatic carbocycles. The molecule has 1 nitrogen and oxygen atoms in total. The highest BCUT2D eigenvalue weighted by atomic mass is 15.0. The molecule has 13 heavy (non-hydrogen) atoms. The Bertz CT molecular complexity index is 326. The van der Waals surface area contributed by atoms with Crippen molar-refractivity contribution in [2.45, 2.75) is 19.4 Å². The van der Waals surface area contributed by atoms with Gasteiger partial charge in [0, 0.05) is 6.54 Å².